The molecule has 28 heavy (non-hydrogen) atoms. The number of carbonyl (C=O) groups excluding carboxylic acids is 3. The quantitative estimate of drug-likeness (QED) is 0.751. The third kappa shape index (κ3) is 4.89. The molecule has 7 nitrogen and oxygen atoms in total. The van der Waals surface area contributed by atoms with E-state index in [-0.39, 0.29) is 18.4 Å². The van der Waals surface area contributed by atoms with E-state index >= 15 is 0 Å². The third-order valence-electron chi connectivity index (χ3n) is 4.57. The fourth-order valence-corrected chi connectivity index (χ4v) is 3.75. The molecular formula is C20H22N2O5S. The number of nitrogens with zero attached hydrogens (tertiary/aromatic N) is 1. The predicted molar refractivity (Wildman–Crippen MR) is 106 cm³/mol. The van der Waals surface area contributed by atoms with Gasteiger partial charge in [0.15, 0.2) is 6.61 Å². The first-order valence-electron chi connectivity index (χ1n) is 9.00. The number of hydrogen-bond acceptors (Lipinski definition) is 6. The van der Waals surface area contributed by atoms with Crippen molar-refractivity contribution in [2.24, 2.45) is 5.92 Å². The average molecular weight is 402 g/mol. The Morgan fingerprint density at radius 1 is 1.14 bits per heavy atom. The molecule has 1 aliphatic heterocycles. The molecule has 0 radical (unpaired) electrons. The van der Waals surface area contributed by atoms with Gasteiger partial charge in [0, 0.05) is 13.1 Å². The minimum Gasteiger partial charge on any atom is -0.495 e. The van der Waals surface area contributed by atoms with Gasteiger partial charge in [0.1, 0.15) is 5.75 Å². The summed E-state index contributed by atoms with van der Waals surface area (Å²) in [5, 5.41) is 4.53. The number of nitrogens with one attached hydrogen (secondary N) is 1. The van der Waals surface area contributed by atoms with E-state index in [0.29, 0.717) is 42.2 Å². The molecule has 2 amide bonds. The molecule has 1 fully saturated rings. The lowest BCUT2D eigenvalue weighted by atomic mass is 9.97. The van der Waals surface area contributed by atoms with Crippen LogP contribution in [0.1, 0.15) is 22.5 Å². The number of rotatable bonds is 6. The highest BCUT2D eigenvalue weighted by Crippen LogP contribution is 2.24. The molecule has 1 aromatic heterocycles. The van der Waals surface area contributed by atoms with Crippen molar-refractivity contribution in [3.05, 3.63) is 46.7 Å². The fourth-order valence-electron chi connectivity index (χ4n) is 3.06. The van der Waals surface area contributed by atoms with E-state index in [0.717, 1.165) is 0 Å². The SMILES string of the molecule is COc1ccccc1NC(=O)COC(=O)C1CCN(C(=O)c2cccs2)CC1. The molecule has 1 aliphatic rings. The van der Waals surface area contributed by atoms with Crippen LogP contribution < -0.4 is 10.1 Å². The molecule has 8 heteroatoms. The third-order valence-corrected chi connectivity index (χ3v) is 5.43. The maximum atomic E-state index is 12.3. The van der Waals surface area contributed by atoms with E-state index in [1.807, 2.05) is 11.4 Å². The molecule has 2 heterocycles. The van der Waals surface area contributed by atoms with Crippen molar-refractivity contribution in [3.8, 4) is 5.75 Å². The molecule has 2 aromatic rings. The highest BCUT2D eigenvalue weighted by molar-refractivity contribution is 7.12. The van der Waals surface area contributed by atoms with Crippen LogP contribution in [0.2, 0.25) is 0 Å². The summed E-state index contributed by atoms with van der Waals surface area (Å²) in [5.41, 5.74) is 0.520. The van der Waals surface area contributed by atoms with Gasteiger partial charge in [-0.05, 0) is 36.4 Å². The van der Waals surface area contributed by atoms with E-state index < -0.39 is 11.9 Å². The molecular weight excluding hydrogens is 380 g/mol. The Balaban J connectivity index is 1.43. The topological polar surface area (TPSA) is 84.9 Å². The number of methoxy groups -OCH3 is 1. The predicted octanol–water partition coefficient (Wildman–Crippen LogP) is 2.79. The van der Waals surface area contributed by atoms with E-state index in [4.69, 9.17) is 9.47 Å². The van der Waals surface area contributed by atoms with Crippen molar-refractivity contribution < 1.29 is 23.9 Å². The zero-order valence-electron chi connectivity index (χ0n) is 15.6. The Morgan fingerprint density at radius 3 is 2.57 bits per heavy atom. The molecule has 0 bridgehead atoms. The van der Waals surface area contributed by atoms with Gasteiger partial charge in [-0.3, -0.25) is 14.4 Å². The lowest BCUT2D eigenvalue weighted by Crippen LogP contribution is -2.40. The van der Waals surface area contributed by atoms with Gasteiger partial charge in [-0.2, -0.15) is 0 Å². The Bertz CT molecular complexity index is 829. The van der Waals surface area contributed by atoms with E-state index in [1.165, 1.54) is 18.4 Å². The Labute approximate surface area is 167 Å². The molecule has 1 aromatic carbocycles. The Hall–Kier alpha value is -2.87. The standard InChI is InChI=1S/C20H22N2O5S/c1-26-16-6-3-2-5-15(16)21-18(23)13-27-20(25)14-8-10-22(11-9-14)19(24)17-7-4-12-28-17/h2-7,12,14H,8-11,13H2,1H3,(H,21,23). The molecule has 0 unspecified atom stereocenters. The first-order valence-corrected chi connectivity index (χ1v) is 9.88. The largest absolute Gasteiger partial charge is 0.495 e. The van der Waals surface area contributed by atoms with Crippen molar-refractivity contribution in [1.82, 2.24) is 4.90 Å². The molecule has 0 aliphatic carbocycles. The van der Waals surface area contributed by atoms with Gasteiger partial charge in [0.25, 0.3) is 11.8 Å². The zero-order valence-corrected chi connectivity index (χ0v) is 16.4. The van der Waals surface area contributed by atoms with Gasteiger partial charge in [0.2, 0.25) is 0 Å². The van der Waals surface area contributed by atoms with Crippen LogP contribution in [0, 0.1) is 5.92 Å². The molecule has 1 saturated heterocycles. The second kappa shape index (κ2) is 9.36. The molecule has 0 saturated carbocycles. The van der Waals surface area contributed by atoms with Gasteiger partial charge >= 0.3 is 5.97 Å². The average Bonchev–Trinajstić information content (AvgIpc) is 3.27. The number of thiophene rings is 1. The molecule has 148 valence electrons. The number of amides is 2. The lowest BCUT2D eigenvalue weighted by Gasteiger charge is -2.30. The van der Waals surface area contributed by atoms with Crippen LogP contribution in [0.25, 0.3) is 0 Å². The molecule has 0 atom stereocenters. The number of para-hydroxylation sites is 2. The number of hydrogen-bond donors (Lipinski definition) is 1. The van der Waals surface area contributed by atoms with Crippen molar-refractivity contribution in [2.75, 3.05) is 32.1 Å². The highest BCUT2D eigenvalue weighted by atomic mass is 32.1. The summed E-state index contributed by atoms with van der Waals surface area (Å²) in [4.78, 5) is 39.1. The van der Waals surface area contributed by atoms with Gasteiger partial charge in [0.05, 0.1) is 23.6 Å². The second-order valence-electron chi connectivity index (χ2n) is 6.40. The number of esters is 1. The summed E-state index contributed by atoms with van der Waals surface area (Å²) in [7, 11) is 1.51. The maximum absolute atomic E-state index is 12.3. The van der Waals surface area contributed by atoms with Gasteiger partial charge < -0.3 is 19.7 Å². The Kier molecular flexibility index (Phi) is 6.65. The smallest absolute Gasteiger partial charge is 0.309 e. The summed E-state index contributed by atoms with van der Waals surface area (Å²) in [6.45, 7) is 0.652. The lowest BCUT2D eigenvalue weighted by molar-refractivity contribution is -0.152. The summed E-state index contributed by atoms with van der Waals surface area (Å²) in [6.07, 6.45) is 1.06. The van der Waals surface area contributed by atoms with Crippen LogP contribution in [-0.2, 0) is 14.3 Å². The maximum Gasteiger partial charge on any atom is 0.309 e. The minimum absolute atomic E-state index is 0.00185. The van der Waals surface area contributed by atoms with Crippen LogP contribution in [0.15, 0.2) is 41.8 Å². The van der Waals surface area contributed by atoms with Crippen LogP contribution in [0.4, 0.5) is 5.69 Å². The summed E-state index contributed by atoms with van der Waals surface area (Å²) < 4.78 is 10.3. The van der Waals surface area contributed by atoms with E-state index in [9.17, 15) is 14.4 Å². The number of piperidine rings is 1. The monoisotopic (exact) mass is 402 g/mol. The summed E-state index contributed by atoms with van der Waals surface area (Å²) >= 11 is 1.41. The number of anilines is 1. The van der Waals surface area contributed by atoms with Gasteiger partial charge in [-0.15, -0.1) is 11.3 Å². The molecule has 1 N–H and O–H groups in total. The Morgan fingerprint density at radius 2 is 1.89 bits per heavy atom. The van der Waals surface area contributed by atoms with Crippen LogP contribution in [0.5, 0.6) is 5.75 Å². The van der Waals surface area contributed by atoms with Crippen molar-refractivity contribution >= 4 is 34.8 Å². The van der Waals surface area contributed by atoms with Crippen molar-refractivity contribution in [3.63, 3.8) is 0 Å². The minimum atomic E-state index is -0.428. The van der Waals surface area contributed by atoms with Crippen molar-refractivity contribution in [1.29, 1.82) is 0 Å². The van der Waals surface area contributed by atoms with Gasteiger partial charge in [-0.25, -0.2) is 0 Å². The number of likely N-dealkylation sites (tertiary alicyclic amines) is 1. The summed E-state index contributed by atoms with van der Waals surface area (Å²) in [5.74, 6) is -0.601. The number of ether oxygens (including phenoxy) is 2. The normalized spacial score (nSPS) is 14.4. The van der Waals surface area contributed by atoms with E-state index in [1.54, 1.807) is 35.2 Å². The first-order chi connectivity index (χ1) is 13.6. The first kappa shape index (κ1) is 19.9. The van der Waals surface area contributed by atoms with Crippen LogP contribution in [-0.4, -0.2) is 49.5 Å². The van der Waals surface area contributed by atoms with Crippen LogP contribution >= 0.6 is 11.3 Å². The second-order valence-corrected chi connectivity index (χ2v) is 7.35. The zero-order chi connectivity index (χ0) is 19.9. The molecule has 0 spiro atoms. The fraction of sp³-hybridized carbons (Fsp3) is 0.350. The number of carbonyl (C=O) groups is 3. The molecule has 3 rings (SSSR count). The van der Waals surface area contributed by atoms with Crippen LogP contribution in [0.3, 0.4) is 0 Å². The van der Waals surface area contributed by atoms with Crippen molar-refractivity contribution in [2.45, 2.75) is 12.8 Å². The number of benzene rings is 1. The van der Waals surface area contributed by atoms with E-state index in [2.05, 4.69) is 5.32 Å². The highest BCUT2D eigenvalue weighted by Gasteiger charge is 2.29. The van der Waals surface area contributed by atoms with Gasteiger partial charge in [-0.1, -0.05) is 18.2 Å². The summed E-state index contributed by atoms with van der Waals surface area (Å²) in [6, 6.07) is 10.6.